The van der Waals surface area contributed by atoms with E-state index in [9.17, 15) is 14.4 Å². The van der Waals surface area contributed by atoms with E-state index in [4.69, 9.17) is 14.2 Å². The third-order valence-electron chi connectivity index (χ3n) is 12.3. The molecular formula is C59H106O6. The molecule has 0 aliphatic rings. The smallest absolute Gasteiger partial charge is 0.306 e. The largest absolute Gasteiger partial charge is 0.462 e. The first-order chi connectivity index (χ1) is 32.0. The second kappa shape index (κ2) is 54.0. The van der Waals surface area contributed by atoms with Gasteiger partial charge in [0.05, 0.1) is 0 Å². The number of allylic oxidation sites excluding steroid dienone is 8. The van der Waals surface area contributed by atoms with Crippen LogP contribution in [0.25, 0.3) is 0 Å². The minimum atomic E-state index is -0.781. The quantitative estimate of drug-likeness (QED) is 0.0262. The molecule has 0 aromatic carbocycles. The normalized spacial score (nSPS) is 12.4. The summed E-state index contributed by atoms with van der Waals surface area (Å²) < 4.78 is 16.8. The average molecular weight is 911 g/mol. The van der Waals surface area contributed by atoms with Crippen LogP contribution in [0, 0.1) is 0 Å². The van der Waals surface area contributed by atoms with Crippen LogP contribution in [-0.4, -0.2) is 37.2 Å². The third-order valence-corrected chi connectivity index (χ3v) is 12.3. The molecule has 0 aromatic rings. The van der Waals surface area contributed by atoms with Crippen molar-refractivity contribution in [3.63, 3.8) is 0 Å². The van der Waals surface area contributed by atoms with Gasteiger partial charge in [-0.2, -0.15) is 0 Å². The minimum absolute atomic E-state index is 0.0804. The van der Waals surface area contributed by atoms with Crippen molar-refractivity contribution in [1.29, 1.82) is 0 Å². The van der Waals surface area contributed by atoms with Crippen molar-refractivity contribution in [3.05, 3.63) is 48.6 Å². The van der Waals surface area contributed by atoms with Gasteiger partial charge in [0.2, 0.25) is 0 Å². The number of hydrogen-bond donors (Lipinski definition) is 0. The van der Waals surface area contributed by atoms with Gasteiger partial charge in [-0.05, 0) is 96.3 Å². The van der Waals surface area contributed by atoms with Crippen LogP contribution in [0.2, 0.25) is 0 Å². The molecule has 6 heteroatoms. The van der Waals surface area contributed by atoms with E-state index < -0.39 is 6.10 Å². The molecule has 0 aromatic heterocycles. The molecule has 0 amide bonds. The molecule has 0 saturated heterocycles. The topological polar surface area (TPSA) is 78.9 Å². The highest BCUT2D eigenvalue weighted by Gasteiger charge is 2.19. The van der Waals surface area contributed by atoms with Crippen LogP contribution in [0.1, 0.15) is 290 Å². The van der Waals surface area contributed by atoms with Gasteiger partial charge in [0.1, 0.15) is 13.2 Å². The molecule has 6 nitrogen and oxygen atoms in total. The van der Waals surface area contributed by atoms with Crippen LogP contribution < -0.4 is 0 Å². The lowest BCUT2D eigenvalue weighted by Crippen LogP contribution is -2.30. The molecule has 0 spiro atoms. The van der Waals surface area contributed by atoms with Crippen LogP contribution in [0.4, 0.5) is 0 Å². The average Bonchev–Trinajstić information content (AvgIpc) is 3.30. The second-order valence-corrected chi connectivity index (χ2v) is 18.8. The van der Waals surface area contributed by atoms with Crippen molar-refractivity contribution in [1.82, 2.24) is 0 Å². The summed E-state index contributed by atoms with van der Waals surface area (Å²) in [5, 5.41) is 0. The number of rotatable bonds is 51. The summed E-state index contributed by atoms with van der Waals surface area (Å²) >= 11 is 0. The van der Waals surface area contributed by atoms with Crippen LogP contribution in [0.3, 0.4) is 0 Å². The molecule has 65 heavy (non-hydrogen) atoms. The predicted octanol–water partition coefficient (Wildman–Crippen LogP) is 18.7. The van der Waals surface area contributed by atoms with Crippen molar-refractivity contribution in [2.24, 2.45) is 0 Å². The maximum Gasteiger partial charge on any atom is 0.306 e. The number of hydrogen-bond acceptors (Lipinski definition) is 6. The van der Waals surface area contributed by atoms with E-state index in [1.165, 1.54) is 167 Å². The first-order valence-electron chi connectivity index (χ1n) is 28.1. The highest BCUT2D eigenvalue weighted by molar-refractivity contribution is 5.71. The highest BCUT2D eigenvalue weighted by Crippen LogP contribution is 2.15. The van der Waals surface area contributed by atoms with Gasteiger partial charge < -0.3 is 14.2 Å². The van der Waals surface area contributed by atoms with Crippen molar-refractivity contribution in [2.75, 3.05) is 13.2 Å². The van der Waals surface area contributed by atoms with Crippen LogP contribution in [0.5, 0.6) is 0 Å². The Bertz CT molecular complexity index is 1140. The fourth-order valence-electron chi connectivity index (χ4n) is 8.06. The number of ether oxygens (including phenoxy) is 3. The summed E-state index contributed by atoms with van der Waals surface area (Å²) in [7, 11) is 0. The van der Waals surface area contributed by atoms with Crippen molar-refractivity contribution < 1.29 is 28.6 Å². The van der Waals surface area contributed by atoms with Gasteiger partial charge >= 0.3 is 17.9 Å². The van der Waals surface area contributed by atoms with Crippen molar-refractivity contribution >= 4 is 17.9 Å². The van der Waals surface area contributed by atoms with Gasteiger partial charge in [-0.1, -0.05) is 223 Å². The monoisotopic (exact) mass is 911 g/mol. The highest BCUT2D eigenvalue weighted by atomic mass is 16.6. The van der Waals surface area contributed by atoms with Crippen LogP contribution in [-0.2, 0) is 28.6 Å². The maximum atomic E-state index is 12.8. The van der Waals surface area contributed by atoms with E-state index in [1.54, 1.807) is 0 Å². The molecule has 0 saturated carbocycles. The fraction of sp³-hybridized carbons (Fsp3) is 0.814. The standard InChI is InChI=1S/C59H106O6/c1-4-7-10-13-16-19-22-25-28-29-30-32-34-37-40-43-46-49-52-58(61)64-55-56(54-63-57(60)51-48-45-42-39-36-33-27-24-21-18-15-12-9-6-3)65-59(62)53-50-47-44-41-38-35-31-26-23-20-17-14-11-8-5-2/h9,12,18,20-21,23,30,32,56H,4-8,10-11,13-17,19,22,24-29,31,33-55H2,1-3H3/b12-9-,21-18-,23-20-,32-30-. The zero-order chi connectivity index (χ0) is 47.2. The van der Waals surface area contributed by atoms with Crippen molar-refractivity contribution in [3.8, 4) is 0 Å². The van der Waals surface area contributed by atoms with Crippen LogP contribution in [0.15, 0.2) is 48.6 Å². The van der Waals surface area contributed by atoms with E-state index in [0.717, 1.165) is 83.5 Å². The molecule has 0 radical (unpaired) electrons. The molecule has 1 unspecified atom stereocenters. The summed E-state index contributed by atoms with van der Waals surface area (Å²) in [5.74, 6) is -0.890. The van der Waals surface area contributed by atoms with E-state index in [1.807, 2.05) is 0 Å². The number of unbranched alkanes of at least 4 members (excludes halogenated alkanes) is 32. The lowest BCUT2D eigenvalue weighted by atomic mass is 10.1. The number of esters is 3. The van der Waals surface area contributed by atoms with E-state index in [-0.39, 0.29) is 31.1 Å². The maximum absolute atomic E-state index is 12.8. The van der Waals surface area contributed by atoms with E-state index in [2.05, 4.69) is 69.4 Å². The Morgan fingerprint density at radius 1 is 0.323 bits per heavy atom. The van der Waals surface area contributed by atoms with E-state index >= 15 is 0 Å². The lowest BCUT2D eigenvalue weighted by Gasteiger charge is -2.18. The lowest BCUT2D eigenvalue weighted by molar-refractivity contribution is -0.167. The Kier molecular flexibility index (Phi) is 51.8. The van der Waals surface area contributed by atoms with Gasteiger partial charge in [-0.3, -0.25) is 14.4 Å². The Labute approximate surface area is 403 Å². The Morgan fingerprint density at radius 3 is 0.954 bits per heavy atom. The molecule has 0 aliphatic carbocycles. The Balaban J connectivity index is 4.37. The molecule has 0 heterocycles. The van der Waals surface area contributed by atoms with Gasteiger partial charge in [0.15, 0.2) is 6.10 Å². The van der Waals surface area contributed by atoms with Crippen molar-refractivity contribution in [2.45, 2.75) is 297 Å². The van der Waals surface area contributed by atoms with Gasteiger partial charge in [0, 0.05) is 19.3 Å². The predicted molar refractivity (Wildman–Crippen MR) is 279 cm³/mol. The Morgan fingerprint density at radius 2 is 0.600 bits per heavy atom. The zero-order valence-electron chi connectivity index (χ0n) is 43.3. The molecule has 0 fully saturated rings. The molecule has 0 N–H and O–H groups in total. The summed E-state index contributed by atoms with van der Waals surface area (Å²) in [4.78, 5) is 38.1. The molecule has 0 rings (SSSR count). The zero-order valence-corrected chi connectivity index (χ0v) is 43.3. The van der Waals surface area contributed by atoms with E-state index in [0.29, 0.717) is 19.3 Å². The third kappa shape index (κ3) is 52.2. The first kappa shape index (κ1) is 62.4. The SMILES string of the molecule is CC/C=C\C/C=C\CCCCCCCCCC(=O)OCC(COC(=O)CCCCCCC/C=C\CCCCCCCCCCC)OC(=O)CCCCCCCCC/C=C\CCCCCC. The number of carbonyl (C=O) groups is 3. The second-order valence-electron chi connectivity index (χ2n) is 18.8. The minimum Gasteiger partial charge on any atom is -0.462 e. The summed E-state index contributed by atoms with van der Waals surface area (Å²) in [5.41, 5.74) is 0. The van der Waals surface area contributed by atoms with Gasteiger partial charge in [-0.25, -0.2) is 0 Å². The molecule has 1 atom stereocenters. The summed E-state index contributed by atoms with van der Waals surface area (Å²) in [6.45, 7) is 6.53. The van der Waals surface area contributed by atoms with Gasteiger partial charge in [-0.15, -0.1) is 0 Å². The summed E-state index contributed by atoms with van der Waals surface area (Å²) in [6.07, 6.45) is 65.3. The molecule has 0 bridgehead atoms. The van der Waals surface area contributed by atoms with Crippen LogP contribution >= 0.6 is 0 Å². The molecule has 378 valence electrons. The first-order valence-corrected chi connectivity index (χ1v) is 28.1. The molecule has 0 aliphatic heterocycles. The number of carbonyl (C=O) groups excluding carboxylic acids is 3. The molecular weight excluding hydrogens is 805 g/mol. The van der Waals surface area contributed by atoms with Gasteiger partial charge in [0.25, 0.3) is 0 Å². The fourth-order valence-corrected chi connectivity index (χ4v) is 8.06. The summed E-state index contributed by atoms with van der Waals surface area (Å²) in [6, 6.07) is 0. The Hall–Kier alpha value is -2.63.